The van der Waals surface area contributed by atoms with E-state index in [2.05, 4.69) is 36.2 Å². The second-order valence-electron chi connectivity index (χ2n) is 6.83. The Hall–Kier alpha value is -3.30. The van der Waals surface area contributed by atoms with E-state index < -0.39 is 0 Å². The van der Waals surface area contributed by atoms with Crippen LogP contribution >= 0.6 is 0 Å². The maximum absolute atomic E-state index is 12.9. The Bertz CT molecular complexity index is 1010. The lowest BCUT2D eigenvalue weighted by atomic mass is 10.1. The van der Waals surface area contributed by atoms with Gasteiger partial charge in [-0.25, -0.2) is 0 Å². The van der Waals surface area contributed by atoms with Crippen LogP contribution in [0, 0.1) is 18.3 Å². The first kappa shape index (κ1) is 20.4. The minimum Gasteiger partial charge on any atom is -0.443 e. The normalized spacial score (nSPS) is 10.9. The zero-order chi connectivity index (χ0) is 20.8. The van der Waals surface area contributed by atoms with Crippen molar-refractivity contribution in [1.82, 2.24) is 14.8 Å². The number of aromatic nitrogens is 1. The first-order chi connectivity index (χ1) is 14.1. The molecule has 0 bridgehead atoms. The van der Waals surface area contributed by atoms with Gasteiger partial charge >= 0.3 is 0 Å². The van der Waals surface area contributed by atoms with Crippen LogP contribution < -0.4 is 5.32 Å². The first-order valence-electron chi connectivity index (χ1n) is 9.83. The van der Waals surface area contributed by atoms with Gasteiger partial charge in [0.15, 0.2) is 0 Å². The summed E-state index contributed by atoms with van der Waals surface area (Å²) in [5.74, 6) is 0.486. The summed E-state index contributed by atoms with van der Waals surface area (Å²) in [6.45, 7) is 9.16. The maximum atomic E-state index is 12.9. The van der Waals surface area contributed by atoms with Crippen molar-refractivity contribution in [2.75, 3.05) is 13.1 Å². The average molecular weight is 390 g/mol. The van der Waals surface area contributed by atoms with Crippen LogP contribution in [-0.4, -0.2) is 28.5 Å². The predicted octanol–water partition coefficient (Wildman–Crippen LogP) is 4.02. The quantitative estimate of drug-likeness (QED) is 0.630. The summed E-state index contributed by atoms with van der Waals surface area (Å²) in [6.07, 6.45) is 3.56. The second kappa shape index (κ2) is 9.26. The van der Waals surface area contributed by atoms with Crippen LogP contribution in [0.25, 0.3) is 5.88 Å². The molecule has 0 saturated carbocycles. The molecule has 29 heavy (non-hydrogen) atoms. The number of hydrogen-bond acceptors (Lipinski definition) is 4. The summed E-state index contributed by atoms with van der Waals surface area (Å²) in [7, 11) is 0. The van der Waals surface area contributed by atoms with Gasteiger partial charge < -0.3 is 9.73 Å². The SMILES string of the molecule is CCN(CC)Cc1ccccc1CNC(=O)c1c(C)oc(-n2cccc2)c1C#N. The summed E-state index contributed by atoms with van der Waals surface area (Å²) in [6, 6.07) is 13.9. The van der Waals surface area contributed by atoms with Crippen LogP contribution in [0.2, 0.25) is 0 Å². The monoisotopic (exact) mass is 390 g/mol. The van der Waals surface area contributed by atoms with Gasteiger partial charge in [-0.2, -0.15) is 5.26 Å². The van der Waals surface area contributed by atoms with Crippen molar-refractivity contribution in [3.05, 3.63) is 76.8 Å². The highest BCUT2D eigenvalue weighted by Gasteiger charge is 2.24. The Labute approximate surface area is 171 Å². The number of rotatable bonds is 8. The zero-order valence-corrected chi connectivity index (χ0v) is 17.1. The highest BCUT2D eigenvalue weighted by atomic mass is 16.4. The standard InChI is InChI=1S/C23H26N4O2/c1-4-26(5-2)16-19-11-7-6-10-18(19)15-25-22(28)21-17(3)29-23(20(21)14-24)27-12-8-9-13-27/h6-13H,4-5,15-16H2,1-3H3,(H,25,28). The molecule has 0 spiro atoms. The van der Waals surface area contributed by atoms with E-state index in [9.17, 15) is 10.1 Å². The Morgan fingerprint density at radius 3 is 2.41 bits per heavy atom. The molecule has 3 rings (SSSR count). The van der Waals surface area contributed by atoms with Gasteiger partial charge in [0.25, 0.3) is 5.91 Å². The van der Waals surface area contributed by atoms with Crippen molar-refractivity contribution >= 4 is 5.91 Å². The van der Waals surface area contributed by atoms with Crippen molar-refractivity contribution in [2.24, 2.45) is 0 Å². The number of hydrogen-bond donors (Lipinski definition) is 1. The Morgan fingerprint density at radius 1 is 1.14 bits per heavy atom. The number of aryl methyl sites for hydroxylation is 1. The van der Waals surface area contributed by atoms with Crippen molar-refractivity contribution in [2.45, 2.75) is 33.9 Å². The molecule has 0 atom stereocenters. The molecule has 0 aliphatic heterocycles. The van der Waals surface area contributed by atoms with Gasteiger partial charge in [-0.15, -0.1) is 0 Å². The molecule has 0 radical (unpaired) electrons. The predicted molar refractivity (Wildman–Crippen MR) is 112 cm³/mol. The molecule has 0 unspecified atom stereocenters. The molecule has 0 aliphatic carbocycles. The molecular formula is C23H26N4O2. The Morgan fingerprint density at radius 2 is 1.79 bits per heavy atom. The van der Waals surface area contributed by atoms with Gasteiger partial charge in [-0.1, -0.05) is 38.1 Å². The van der Waals surface area contributed by atoms with Crippen molar-refractivity contribution in [1.29, 1.82) is 5.26 Å². The Kier molecular flexibility index (Phi) is 6.53. The third-order valence-corrected chi connectivity index (χ3v) is 5.09. The molecular weight excluding hydrogens is 364 g/mol. The van der Waals surface area contributed by atoms with Gasteiger partial charge in [0.1, 0.15) is 23.0 Å². The third kappa shape index (κ3) is 4.41. The van der Waals surface area contributed by atoms with Gasteiger partial charge in [0.05, 0.1) is 0 Å². The van der Waals surface area contributed by atoms with Gasteiger partial charge in [-0.3, -0.25) is 14.3 Å². The fraction of sp³-hybridized carbons (Fsp3) is 0.304. The molecule has 2 aromatic heterocycles. The number of nitrogens with zero attached hydrogens (tertiary/aromatic N) is 3. The lowest BCUT2D eigenvalue weighted by Crippen LogP contribution is -2.26. The molecule has 3 aromatic rings. The lowest BCUT2D eigenvalue weighted by Gasteiger charge is -2.20. The lowest BCUT2D eigenvalue weighted by molar-refractivity contribution is 0.0949. The van der Waals surface area contributed by atoms with Crippen LogP contribution in [-0.2, 0) is 13.1 Å². The second-order valence-corrected chi connectivity index (χ2v) is 6.83. The van der Waals surface area contributed by atoms with Crippen LogP contribution in [0.3, 0.4) is 0 Å². The molecule has 150 valence electrons. The summed E-state index contributed by atoms with van der Waals surface area (Å²) < 4.78 is 7.43. The highest BCUT2D eigenvalue weighted by Crippen LogP contribution is 2.25. The van der Waals surface area contributed by atoms with E-state index in [1.165, 1.54) is 5.56 Å². The van der Waals surface area contributed by atoms with Crippen molar-refractivity contribution in [3.8, 4) is 12.0 Å². The van der Waals surface area contributed by atoms with Gasteiger partial charge in [0.2, 0.25) is 5.88 Å². The van der Waals surface area contributed by atoms with Crippen LogP contribution in [0.5, 0.6) is 0 Å². The van der Waals surface area contributed by atoms with Crippen LogP contribution in [0.4, 0.5) is 0 Å². The van der Waals surface area contributed by atoms with Gasteiger partial charge in [0, 0.05) is 25.5 Å². The van der Waals surface area contributed by atoms with Crippen molar-refractivity contribution in [3.63, 3.8) is 0 Å². The molecule has 1 aromatic carbocycles. The summed E-state index contributed by atoms with van der Waals surface area (Å²) in [5.41, 5.74) is 2.79. The number of furan rings is 1. The smallest absolute Gasteiger partial charge is 0.256 e. The van der Waals surface area contributed by atoms with E-state index in [0.29, 0.717) is 18.2 Å². The Balaban J connectivity index is 1.80. The highest BCUT2D eigenvalue weighted by molar-refractivity contribution is 5.98. The molecule has 0 fully saturated rings. The van der Waals surface area contributed by atoms with E-state index in [1.54, 1.807) is 23.9 Å². The molecule has 1 amide bonds. The number of carbonyl (C=O) groups is 1. The van der Waals surface area contributed by atoms with Crippen molar-refractivity contribution < 1.29 is 9.21 Å². The molecule has 6 nitrogen and oxygen atoms in total. The molecule has 0 saturated heterocycles. The number of nitriles is 1. The first-order valence-corrected chi connectivity index (χ1v) is 9.83. The largest absolute Gasteiger partial charge is 0.443 e. The summed E-state index contributed by atoms with van der Waals surface area (Å²) in [5, 5.41) is 12.6. The topological polar surface area (TPSA) is 74.2 Å². The minimum absolute atomic E-state index is 0.243. The fourth-order valence-corrected chi connectivity index (χ4v) is 3.40. The summed E-state index contributed by atoms with van der Waals surface area (Å²) >= 11 is 0. The maximum Gasteiger partial charge on any atom is 0.256 e. The van der Waals surface area contributed by atoms with E-state index >= 15 is 0 Å². The van der Waals surface area contributed by atoms with E-state index in [1.807, 2.05) is 30.3 Å². The number of amides is 1. The number of nitrogens with one attached hydrogen (secondary N) is 1. The molecule has 2 heterocycles. The van der Waals surface area contributed by atoms with Crippen LogP contribution in [0.1, 0.15) is 46.7 Å². The van der Waals surface area contributed by atoms with Crippen LogP contribution in [0.15, 0.2) is 53.2 Å². The zero-order valence-electron chi connectivity index (χ0n) is 17.1. The van der Waals surface area contributed by atoms with E-state index in [-0.39, 0.29) is 17.0 Å². The summed E-state index contributed by atoms with van der Waals surface area (Å²) in [4.78, 5) is 15.2. The molecule has 6 heteroatoms. The third-order valence-electron chi connectivity index (χ3n) is 5.09. The molecule has 1 N–H and O–H groups in total. The average Bonchev–Trinajstić information content (AvgIpc) is 3.38. The van der Waals surface area contributed by atoms with Gasteiger partial charge in [-0.05, 0) is 43.3 Å². The van der Waals surface area contributed by atoms with E-state index in [4.69, 9.17) is 4.42 Å². The molecule has 0 aliphatic rings. The van der Waals surface area contributed by atoms with E-state index in [0.717, 1.165) is 25.2 Å². The number of carbonyl (C=O) groups excluding carboxylic acids is 1. The fourth-order valence-electron chi connectivity index (χ4n) is 3.40. The number of benzene rings is 1. The minimum atomic E-state index is -0.307.